The maximum absolute atomic E-state index is 5.78. The fourth-order valence-corrected chi connectivity index (χ4v) is 5.68. The predicted molar refractivity (Wildman–Crippen MR) is 104 cm³/mol. The first-order chi connectivity index (χ1) is 11.7. The molecule has 0 radical (unpaired) electrons. The van der Waals surface area contributed by atoms with Gasteiger partial charge in [-0.25, -0.2) is 0 Å². The molecule has 0 saturated carbocycles. The van der Waals surface area contributed by atoms with Crippen LogP contribution in [0.3, 0.4) is 0 Å². The van der Waals surface area contributed by atoms with Gasteiger partial charge in [0.05, 0.1) is 0 Å². The van der Waals surface area contributed by atoms with Gasteiger partial charge in [-0.2, -0.15) is 0 Å². The molecular formula is C19H26NO2PS. The summed E-state index contributed by atoms with van der Waals surface area (Å²) in [5.74, 6) is 0. The average molecular weight is 363 g/mol. The second kappa shape index (κ2) is 7.97. The molecule has 0 spiro atoms. The highest BCUT2D eigenvalue weighted by atomic mass is 32.5. The molecule has 1 aromatic carbocycles. The number of hydrogen-bond donors (Lipinski definition) is 0. The van der Waals surface area contributed by atoms with Crippen LogP contribution < -0.4 is 0 Å². The number of nitrogens with zero attached hydrogens (tertiary/aromatic N) is 1. The van der Waals surface area contributed by atoms with E-state index < -0.39 is 6.49 Å². The molecule has 1 heterocycles. The van der Waals surface area contributed by atoms with Crippen molar-refractivity contribution in [2.75, 3.05) is 27.3 Å². The topological polar surface area (TPSA) is 21.7 Å². The van der Waals surface area contributed by atoms with Crippen molar-refractivity contribution in [3.8, 4) is 0 Å². The van der Waals surface area contributed by atoms with E-state index in [1.807, 2.05) is 0 Å². The molecule has 1 aromatic rings. The third-order valence-electron chi connectivity index (χ3n) is 4.83. The van der Waals surface area contributed by atoms with E-state index in [1.54, 1.807) is 14.2 Å². The molecule has 3 rings (SSSR count). The van der Waals surface area contributed by atoms with Crippen molar-refractivity contribution >= 4 is 24.4 Å². The summed E-state index contributed by atoms with van der Waals surface area (Å²) in [6.07, 6.45) is 8.09. The van der Waals surface area contributed by atoms with Crippen LogP contribution in [0.15, 0.2) is 46.9 Å². The summed E-state index contributed by atoms with van der Waals surface area (Å²) >= 11 is 5.78. The maximum Gasteiger partial charge on any atom is 0.217 e. The SMILES string of the molecule is COP(=S)(OC)C1=C(N2CCCCC2)C(=Cc2ccccc2)CC1. The number of likely N-dealkylation sites (tertiary alicyclic amines) is 1. The van der Waals surface area contributed by atoms with Gasteiger partial charge in [0.25, 0.3) is 0 Å². The molecule has 5 heteroatoms. The van der Waals surface area contributed by atoms with Gasteiger partial charge in [-0.15, -0.1) is 0 Å². The molecule has 0 amide bonds. The molecule has 2 aliphatic rings. The molecular weight excluding hydrogens is 337 g/mol. The highest BCUT2D eigenvalue weighted by molar-refractivity contribution is 8.11. The van der Waals surface area contributed by atoms with Gasteiger partial charge in [-0.1, -0.05) is 30.3 Å². The van der Waals surface area contributed by atoms with E-state index in [9.17, 15) is 0 Å². The minimum absolute atomic E-state index is 0.948. The van der Waals surface area contributed by atoms with Crippen molar-refractivity contribution in [1.82, 2.24) is 4.90 Å². The third-order valence-corrected chi connectivity index (χ3v) is 8.45. The summed E-state index contributed by atoms with van der Waals surface area (Å²) in [5, 5.41) is 1.21. The van der Waals surface area contributed by atoms with E-state index in [1.165, 1.54) is 41.4 Å². The van der Waals surface area contributed by atoms with E-state index in [4.69, 9.17) is 20.9 Å². The Labute approximate surface area is 150 Å². The summed E-state index contributed by atoms with van der Waals surface area (Å²) in [4.78, 5) is 2.51. The number of piperidine rings is 1. The van der Waals surface area contributed by atoms with Crippen LogP contribution in [-0.4, -0.2) is 32.2 Å². The minimum Gasteiger partial charge on any atom is -0.371 e. The smallest absolute Gasteiger partial charge is 0.217 e. The first-order valence-corrected chi connectivity index (χ1v) is 11.3. The Morgan fingerprint density at radius 2 is 1.67 bits per heavy atom. The van der Waals surface area contributed by atoms with Crippen LogP contribution in [0.1, 0.15) is 37.7 Å². The van der Waals surface area contributed by atoms with Gasteiger partial charge >= 0.3 is 0 Å². The number of allylic oxidation sites excluding steroid dienone is 2. The average Bonchev–Trinajstić information content (AvgIpc) is 3.07. The van der Waals surface area contributed by atoms with Gasteiger partial charge in [0.15, 0.2) is 0 Å². The standard InChI is InChI=1S/C19H26NO2PS/c1-21-23(24,22-2)18-12-11-17(15-16-9-5-3-6-10-16)19(18)20-13-7-4-8-14-20/h3,5-6,9-10,15H,4,7-8,11-14H2,1-2H3. The van der Waals surface area contributed by atoms with Crippen molar-refractivity contribution in [2.24, 2.45) is 0 Å². The summed E-state index contributed by atoms with van der Waals surface area (Å²) in [5.41, 5.74) is 3.93. The maximum atomic E-state index is 5.78. The Bertz CT molecular complexity index is 670. The monoisotopic (exact) mass is 363 g/mol. The lowest BCUT2D eigenvalue weighted by Gasteiger charge is -2.33. The van der Waals surface area contributed by atoms with Crippen molar-refractivity contribution in [3.63, 3.8) is 0 Å². The molecule has 0 aromatic heterocycles. The Hall–Kier alpha value is -0.930. The van der Waals surface area contributed by atoms with Crippen molar-refractivity contribution < 1.29 is 9.05 Å². The second-order valence-electron chi connectivity index (χ2n) is 6.29. The summed E-state index contributed by atoms with van der Waals surface area (Å²) in [6, 6.07) is 10.5. The fraction of sp³-hybridized carbons (Fsp3) is 0.474. The lowest BCUT2D eigenvalue weighted by molar-refractivity contribution is 0.288. The van der Waals surface area contributed by atoms with Gasteiger partial charge in [0.2, 0.25) is 6.49 Å². The predicted octanol–water partition coefficient (Wildman–Crippen LogP) is 5.16. The van der Waals surface area contributed by atoms with Crippen LogP contribution in [0.25, 0.3) is 6.08 Å². The Morgan fingerprint density at radius 1 is 1.00 bits per heavy atom. The molecule has 0 atom stereocenters. The van der Waals surface area contributed by atoms with Crippen molar-refractivity contribution in [3.05, 3.63) is 52.5 Å². The van der Waals surface area contributed by atoms with Gasteiger partial charge in [0.1, 0.15) is 0 Å². The molecule has 1 saturated heterocycles. The van der Waals surface area contributed by atoms with Crippen LogP contribution in [0.2, 0.25) is 0 Å². The number of hydrogen-bond acceptors (Lipinski definition) is 4. The van der Waals surface area contributed by atoms with Crippen molar-refractivity contribution in [1.29, 1.82) is 0 Å². The van der Waals surface area contributed by atoms with E-state index >= 15 is 0 Å². The van der Waals surface area contributed by atoms with Crippen LogP contribution >= 0.6 is 6.49 Å². The zero-order valence-electron chi connectivity index (χ0n) is 14.5. The van der Waals surface area contributed by atoms with E-state index in [0.29, 0.717) is 0 Å². The molecule has 0 unspecified atom stereocenters. The molecule has 3 nitrogen and oxygen atoms in total. The third kappa shape index (κ3) is 3.67. The largest absolute Gasteiger partial charge is 0.371 e. The summed E-state index contributed by atoms with van der Waals surface area (Å²) in [7, 11) is 3.37. The fourth-order valence-electron chi connectivity index (χ4n) is 3.63. The Kier molecular flexibility index (Phi) is 5.93. The normalized spacial score (nSPS) is 20.9. The molecule has 0 bridgehead atoms. The molecule has 1 fully saturated rings. The Morgan fingerprint density at radius 3 is 2.29 bits per heavy atom. The lowest BCUT2D eigenvalue weighted by atomic mass is 10.1. The first kappa shape index (κ1) is 17.9. The quantitative estimate of drug-likeness (QED) is 0.673. The number of benzene rings is 1. The van der Waals surface area contributed by atoms with E-state index in [0.717, 1.165) is 25.9 Å². The highest BCUT2D eigenvalue weighted by Gasteiger charge is 2.34. The Balaban J connectivity index is 2.05. The highest BCUT2D eigenvalue weighted by Crippen LogP contribution is 2.62. The zero-order chi connectivity index (χ0) is 17.0. The molecule has 1 aliphatic carbocycles. The van der Waals surface area contributed by atoms with E-state index in [-0.39, 0.29) is 0 Å². The zero-order valence-corrected chi connectivity index (χ0v) is 16.2. The van der Waals surface area contributed by atoms with Gasteiger partial charge < -0.3 is 13.9 Å². The molecule has 24 heavy (non-hydrogen) atoms. The van der Waals surface area contributed by atoms with Crippen molar-refractivity contribution in [2.45, 2.75) is 32.1 Å². The van der Waals surface area contributed by atoms with Crippen LogP contribution in [0.4, 0.5) is 0 Å². The lowest BCUT2D eigenvalue weighted by Crippen LogP contribution is -2.29. The summed E-state index contributed by atoms with van der Waals surface area (Å²) in [6.45, 7) is -0.153. The van der Waals surface area contributed by atoms with Crippen LogP contribution in [0.5, 0.6) is 0 Å². The number of rotatable bonds is 5. The second-order valence-corrected chi connectivity index (χ2v) is 9.99. The van der Waals surface area contributed by atoms with Crippen LogP contribution in [0, 0.1) is 0 Å². The molecule has 130 valence electrons. The summed E-state index contributed by atoms with van der Waals surface area (Å²) < 4.78 is 11.4. The van der Waals surface area contributed by atoms with Gasteiger partial charge in [-0.05, 0) is 61.1 Å². The van der Waals surface area contributed by atoms with Gasteiger partial charge in [0, 0.05) is 38.3 Å². The van der Waals surface area contributed by atoms with Gasteiger partial charge in [-0.3, -0.25) is 0 Å². The van der Waals surface area contributed by atoms with Crippen LogP contribution in [-0.2, 0) is 20.9 Å². The minimum atomic E-state index is -2.36. The molecule has 1 aliphatic heterocycles. The van der Waals surface area contributed by atoms with E-state index in [2.05, 4.69) is 41.3 Å². The molecule has 0 N–H and O–H groups in total. The first-order valence-electron chi connectivity index (χ1n) is 8.64.